The van der Waals surface area contributed by atoms with Gasteiger partial charge in [0.05, 0.1) is 21.1 Å². The third kappa shape index (κ3) is 2.06. The minimum atomic E-state index is 0.619. The van der Waals surface area contributed by atoms with Crippen LogP contribution in [-0.2, 0) is 6.54 Å². The van der Waals surface area contributed by atoms with Gasteiger partial charge in [-0.3, -0.25) is 4.48 Å². The molecule has 0 heterocycles. The van der Waals surface area contributed by atoms with Crippen LogP contribution in [0.1, 0.15) is 5.56 Å². The van der Waals surface area contributed by atoms with Crippen molar-refractivity contribution in [1.82, 2.24) is 4.48 Å². The Morgan fingerprint density at radius 3 is 2.42 bits per heavy atom. The van der Waals surface area contributed by atoms with Gasteiger partial charge in [-0.15, -0.1) is 0 Å². The van der Waals surface area contributed by atoms with E-state index in [2.05, 4.69) is 45.4 Å². The molecule has 1 aromatic rings. The number of rotatable bonds is 2. The normalized spacial score (nSPS) is 11.7. The van der Waals surface area contributed by atoms with Gasteiger partial charge in [0.25, 0.3) is 0 Å². The predicted molar refractivity (Wildman–Crippen MR) is 53.9 cm³/mol. The van der Waals surface area contributed by atoms with E-state index in [9.17, 15) is 0 Å². The third-order valence-electron chi connectivity index (χ3n) is 1.92. The number of hydrogen-bond donors (Lipinski definition) is 1. The van der Waals surface area contributed by atoms with Gasteiger partial charge in [-0.05, 0) is 11.6 Å². The van der Waals surface area contributed by atoms with Crippen LogP contribution < -0.4 is 10.2 Å². The Hall–Kier alpha value is -0.860. The maximum atomic E-state index is 5.56. The molecule has 0 saturated heterocycles. The van der Waals surface area contributed by atoms with Crippen LogP contribution in [0.5, 0.6) is 0 Å². The first-order valence-corrected chi connectivity index (χ1v) is 4.15. The third-order valence-corrected chi connectivity index (χ3v) is 1.92. The summed E-state index contributed by atoms with van der Waals surface area (Å²) in [5, 5.41) is 0. The molecule has 0 bridgehead atoms. The van der Waals surface area contributed by atoms with E-state index in [4.69, 9.17) is 5.73 Å². The highest BCUT2D eigenvalue weighted by Crippen LogP contribution is 2.17. The van der Waals surface area contributed by atoms with Gasteiger partial charge in [-0.2, -0.15) is 0 Å². The van der Waals surface area contributed by atoms with Crippen molar-refractivity contribution in [2.75, 3.05) is 21.1 Å². The monoisotopic (exact) mass is 165 g/mol. The number of hydrogen-bond acceptors (Lipinski definition) is 1. The van der Waals surface area contributed by atoms with E-state index in [-0.39, 0.29) is 0 Å². The van der Waals surface area contributed by atoms with Crippen molar-refractivity contribution < 1.29 is 0 Å². The molecule has 0 aromatic heterocycles. The minimum absolute atomic E-state index is 0.619. The highest BCUT2D eigenvalue weighted by Gasteiger charge is 2.10. The van der Waals surface area contributed by atoms with Crippen molar-refractivity contribution in [2.45, 2.75) is 6.54 Å². The number of nitrogens with two attached hydrogens (primary N) is 1. The minimum Gasteiger partial charge on any atom is -0.326 e. The standard InChI is InChI=1S/C10H17N2/c1-12(2,3)10-6-4-5-9(7-10)8-11/h4-7H,8,11H2,1-3H3/q+1. The van der Waals surface area contributed by atoms with Gasteiger partial charge in [0.15, 0.2) is 0 Å². The molecule has 0 aliphatic carbocycles. The molecule has 66 valence electrons. The van der Waals surface area contributed by atoms with Crippen LogP contribution in [0.25, 0.3) is 0 Å². The van der Waals surface area contributed by atoms with Gasteiger partial charge < -0.3 is 5.73 Å². The molecule has 0 radical (unpaired) electrons. The second kappa shape index (κ2) is 3.25. The molecule has 0 aliphatic heterocycles. The quantitative estimate of drug-likeness (QED) is 0.658. The fourth-order valence-corrected chi connectivity index (χ4v) is 1.10. The molecule has 0 unspecified atom stereocenters. The van der Waals surface area contributed by atoms with Gasteiger partial charge in [0, 0.05) is 12.6 Å². The molecule has 12 heavy (non-hydrogen) atoms. The summed E-state index contributed by atoms with van der Waals surface area (Å²) in [4.78, 5) is 0. The summed E-state index contributed by atoms with van der Waals surface area (Å²) < 4.78 is 0.841. The molecule has 1 rings (SSSR count). The topological polar surface area (TPSA) is 26.0 Å². The molecular weight excluding hydrogens is 148 g/mol. The molecule has 0 amide bonds. The summed E-state index contributed by atoms with van der Waals surface area (Å²) >= 11 is 0. The van der Waals surface area contributed by atoms with E-state index in [1.54, 1.807) is 0 Å². The molecule has 0 aliphatic rings. The van der Waals surface area contributed by atoms with Crippen molar-refractivity contribution in [2.24, 2.45) is 5.73 Å². The predicted octanol–water partition coefficient (Wildman–Crippen LogP) is 1.34. The fraction of sp³-hybridized carbons (Fsp3) is 0.400. The zero-order valence-electron chi connectivity index (χ0n) is 8.04. The first-order valence-electron chi connectivity index (χ1n) is 4.15. The van der Waals surface area contributed by atoms with Crippen LogP contribution >= 0.6 is 0 Å². The Labute approximate surface area is 74.2 Å². The lowest BCUT2D eigenvalue weighted by molar-refractivity contribution is 0.486. The summed E-state index contributed by atoms with van der Waals surface area (Å²) in [5.41, 5.74) is 8.04. The number of benzene rings is 1. The summed E-state index contributed by atoms with van der Waals surface area (Å²) in [5.74, 6) is 0. The van der Waals surface area contributed by atoms with Crippen LogP contribution in [0.2, 0.25) is 0 Å². The van der Waals surface area contributed by atoms with Gasteiger partial charge in [-0.1, -0.05) is 12.1 Å². The van der Waals surface area contributed by atoms with Gasteiger partial charge in [0.1, 0.15) is 5.69 Å². The van der Waals surface area contributed by atoms with Crippen molar-refractivity contribution in [1.29, 1.82) is 0 Å². The van der Waals surface area contributed by atoms with Crippen LogP contribution in [0.3, 0.4) is 0 Å². The lowest BCUT2D eigenvalue weighted by Crippen LogP contribution is -2.34. The summed E-state index contributed by atoms with van der Waals surface area (Å²) in [6, 6.07) is 8.39. The number of nitrogens with zero attached hydrogens (tertiary/aromatic N) is 1. The Morgan fingerprint density at radius 2 is 1.92 bits per heavy atom. The van der Waals surface area contributed by atoms with E-state index >= 15 is 0 Å². The van der Waals surface area contributed by atoms with Crippen LogP contribution in [-0.4, -0.2) is 21.1 Å². The molecule has 1 aromatic carbocycles. The van der Waals surface area contributed by atoms with E-state index in [1.165, 1.54) is 11.3 Å². The largest absolute Gasteiger partial charge is 0.326 e. The Bertz CT molecular complexity index is 261. The average molecular weight is 165 g/mol. The molecule has 2 heteroatoms. The highest BCUT2D eigenvalue weighted by molar-refractivity contribution is 5.43. The van der Waals surface area contributed by atoms with Crippen molar-refractivity contribution >= 4 is 5.69 Å². The zero-order valence-corrected chi connectivity index (χ0v) is 8.04. The Kier molecular flexibility index (Phi) is 2.50. The first kappa shape index (κ1) is 9.23. The van der Waals surface area contributed by atoms with Crippen molar-refractivity contribution in [3.8, 4) is 0 Å². The van der Waals surface area contributed by atoms with E-state index in [0.717, 1.165) is 4.48 Å². The molecular formula is C10H17N2+. The molecule has 0 fully saturated rings. The van der Waals surface area contributed by atoms with Crippen LogP contribution in [0.15, 0.2) is 24.3 Å². The fourth-order valence-electron chi connectivity index (χ4n) is 1.10. The van der Waals surface area contributed by atoms with Gasteiger partial charge >= 0.3 is 0 Å². The van der Waals surface area contributed by atoms with Gasteiger partial charge in [0.2, 0.25) is 0 Å². The second-order valence-corrected chi connectivity index (χ2v) is 3.89. The average Bonchev–Trinajstić information content (AvgIpc) is 2.03. The molecule has 0 saturated carbocycles. The highest BCUT2D eigenvalue weighted by atomic mass is 15.3. The van der Waals surface area contributed by atoms with Crippen molar-refractivity contribution in [3.05, 3.63) is 29.8 Å². The Morgan fingerprint density at radius 1 is 1.25 bits per heavy atom. The summed E-state index contributed by atoms with van der Waals surface area (Å²) in [7, 11) is 6.45. The lowest BCUT2D eigenvalue weighted by Gasteiger charge is -2.23. The number of quaternary nitrogens is 1. The smallest absolute Gasteiger partial charge is 0.132 e. The van der Waals surface area contributed by atoms with E-state index in [0.29, 0.717) is 6.54 Å². The second-order valence-electron chi connectivity index (χ2n) is 3.89. The van der Waals surface area contributed by atoms with Gasteiger partial charge in [-0.25, -0.2) is 0 Å². The zero-order chi connectivity index (χ0) is 9.19. The van der Waals surface area contributed by atoms with Crippen LogP contribution in [0.4, 0.5) is 5.69 Å². The molecule has 2 N–H and O–H groups in total. The lowest BCUT2D eigenvalue weighted by atomic mass is 10.2. The maximum Gasteiger partial charge on any atom is 0.132 e. The molecule has 2 nitrogen and oxygen atoms in total. The van der Waals surface area contributed by atoms with E-state index in [1.807, 2.05) is 0 Å². The Balaban J connectivity index is 3.02. The van der Waals surface area contributed by atoms with Crippen molar-refractivity contribution in [3.63, 3.8) is 0 Å². The molecule has 0 spiro atoms. The molecule has 0 atom stereocenters. The van der Waals surface area contributed by atoms with Crippen LogP contribution in [0, 0.1) is 0 Å². The van der Waals surface area contributed by atoms with E-state index < -0.39 is 0 Å². The summed E-state index contributed by atoms with van der Waals surface area (Å²) in [6.07, 6.45) is 0. The first-order chi connectivity index (χ1) is 5.54. The maximum absolute atomic E-state index is 5.56. The SMILES string of the molecule is C[N+](C)(C)c1cccc(CN)c1. The summed E-state index contributed by atoms with van der Waals surface area (Å²) in [6.45, 7) is 0.619.